The van der Waals surface area contributed by atoms with E-state index >= 15 is 0 Å². The van der Waals surface area contributed by atoms with Crippen LogP contribution in [0.1, 0.15) is 57.9 Å². The van der Waals surface area contributed by atoms with Crippen LogP contribution in [0.5, 0.6) is 0 Å². The molecule has 0 radical (unpaired) electrons. The smallest absolute Gasteiger partial charge is 0.246 e. The van der Waals surface area contributed by atoms with Crippen LogP contribution in [-0.2, 0) is 30.4 Å². The molecule has 0 aromatic heterocycles. The first kappa shape index (κ1) is 28.1. The van der Waals surface area contributed by atoms with E-state index in [0.717, 1.165) is 5.56 Å². The van der Waals surface area contributed by atoms with Gasteiger partial charge in [-0.3, -0.25) is 29.2 Å². The van der Waals surface area contributed by atoms with Crippen LogP contribution in [0.4, 0.5) is 0 Å². The van der Waals surface area contributed by atoms with Crippen molar-refractivity contribution in [2.75, 3.05) is 6.54 Å². The second-order valence-corrected chi connectivity index (χ2v) is 10.0. The average molecular weight is 516 g/mol. The molecule has 2 fully saturated rings. The van der Waals surface area contributed by atoms with Gasteiger partial charge in [-0.1, -0.05) is 50.6 Å². The summed E-state index contributed by atoms with van der Waals surface area (Å²) in [4.78, 5) is 66.3. The van der Waals surface area contributed by atoms with E-state index in [0.29, 0.717) is 32.2 Å². The van der Waals surface area contributed by atoms with Crippen LogP contribution in [0.2, 0.25) is 0 Å². The van der Waals surface area contributed by atoms with Crippen LogP contribution in [0, 0.1) is 5.92 Å². The van der Waals surface area contributed by atoms with Crippen LogP contribution < -0.4 is 21.4 Å². The Hall–Kier alpha value is -3.47. The van der Waals surface area contributed by atoms with E-state index in [2.05, 4.69) is 16.0 Å². The average Bonchev–Trinajstić information content (AvgIpc) is 3.38. The molecule has 2 heterocycles. The number of nitrogens with zero attached hydrogens (tertiary/aromatic N) is 1. The van der Waals surface area contributed by atoms with Gasteiger partial charge in [0.25, 0.3) is 0 Å². The van der Waals surface area contributed by atoms with Gasteiger partial charge in [0.15, 0.2) is 0 Å². The van der Waals surface area contributed by atoms with Crippen LogP contribution >= 0.6 is 0 Å². The maximum atomic E-state index is 13.5. The van der Waals surface area contributed by atoms with E-state index in [1.54, 1.807) is 5.48 Å². The number of rotatable bonds is 8. The summed E-state index contributed by atoms with van der Waals surface area (Å²) < 4.78 is 0. The predicted molar refractivity (Wildman–Crippen MR) is 134 cm³/mol. The first-order valence-corrected chi connectivity index (χ1v) is 12.9. The number of amides is 5. The number of hydrogen-bond acceptors (Lipinski definition) is 6. The first-order chi connectivity index (χ1) is 17.7. The Morgan fingerprint density at radius 1 is 1.00 bits per heavy atom. The molecule has 2 aliphatic heterocycles. The Morgan fingerprint density at radius 2 is 1.68 bits per heavy atom. The SMILES string of the molecule is CC(C)[C@@H]1NC(=O)[C@H](Cc2ccccc2)NC(=O)[C@H](CCCCC(=O)NO)NC(=O)[C@H]2CCCN2C1=O. The van der Waals surface area contributed by atoms with Crippen molar-refractivity contribution < 1.29 is 29.2 Å². The molecule has 0 bridgehead atoms. The third-order valence-electron chi connectivity index (χ3n) is 6.89. The molecular weight excluding hydrogens is 478 g/mol. The maximum Gasteiger partial charge on any atom is 0.246 e. The van der Waals surface area contributed by atoms with Gasteiger partial charge >= 0.3 is 0 Å². The van der Waals surface area contributed by atoms with Gasteiger partial charge in [0.2, 0.25) is 29.5 Å². The highest BCUT2D eigenvalue weighted by Crippen LogP contribution is 2.21. The Kier molecular flexibility index (Phi) is 10.0. The van der Waals surface area contributed by atoms with Crippen molar-refractivity contribution >= 4 is 29.5 Å². The number of fused-ring (bicyclic) bond motifs is 1. The number of carbonyl (C=O) groups excluding carboxylic acids is 5. The fraction of sp³-hybridized carbons (Fsp3) is 0.577. The van der Waals surface area contributed by atoms with Crippen molar-refractivity contribution in [2.24, 2.45) is 5.92 Å². The molecule has 0 saturated carbocycles. The van der Waals surface area contributed by atoms with Crippen molar-refractivity contribution in [3.63, 3.8) is 0 Å². The van der Waals surface area contributed by atoms with E-state index < -0.39 is 47.8 Å². The zero-order chi connectivity index (χ0) is 26.9. The van der Waals surface area contributed by atoms with Gasteiger partial charge in [0, 0.05) is 19.4 Å². The zero-order valence-corrected chi connectivity index (χ0v) is 21.4. The van der Waals surface area contributed by atoms with E-state index in [9.17, 15) is 24.0 Å². The molecule has 37 heavy (non-hydrogen) atoms. The quantitative estimate of drug-likeness (QED) is 0.192. The molecule has 0 aliphatic carbocycles. The number of nitrogens with one attached hydrogen (secondary N) is 4. The summed E-state index contributed by atoms with van der Waals surface area (Å²) in [7, 11) is 0. The molecule has 0 spiro atoms. The molecule has 0 unspecified atom stereocenters. The highest BCUT2D eigenvalue weighted by molar-refractivity contribution is 5.98. The minimum Gasteiger partial charge on any atom is -0.343 e. The molecule has 4 atom stereocenters. The zero-order valence-electron chi connectivity index (χ0n) is 21.4. The Balaban J connectivity index is 1.88. The molecule has 3 rings (SSSR count). The standard InChI is InChI=1S/C26H37N5O6/c1-16(2)22-26(36)31-14-8-12-20(31)25(35)27-18(11-6-7-13-21(32)30-37)23(33)28-19(24(34)29-22)15-17-9-4-3-5-10-17/h3-5,9-10,16,18-20,22,37H,6-8,11-15H2,1-2H3,(H,27,35)(H,28,33)(H,29,34)(H,30,32)/t18-,19-,20+,22-/m0/s1. The molecular formula is C26H37N5O6. The summed E-state index contributed by atoms with van der Waals surface area (Å²) in [5.74, 6) is -2.45. The van der Waals surface area contributed by atoms with Crippen molar-refractivity contribution in [1.29, 1.82) is 0 Å². The monoisotopic (exact) mass is 515 g/mol. The fourth-order valence-corrected chi connectivity index (χ4v) is 4.81. The van der Waals surface area contributed by atoms with Crippen LogP contribution in [0.25, 0.3) is 0 Å². The molecule has 2 saturated heterocycles. The van der Waals surface area contributed by atoms with Crippen LogP contribution in [-0.4, -0.2) is 70.4 Å². The summed E-state index contributed by atoms with van der Waals surface area (Å²) in [6.07, 6.45) is 2.43. The van der Waals surface area contributed by atoms with Gasteiger partial charge < -0.3 is 20.9 Å². The van der Waals surface area contributed by atoms with Crippen molar-refractivity contribution in [3.8, 4) is 0 Å². The third kappa shape index (κ3) is 7.51. The van der Waals surface area contributed by atoms with Crippen LogP contribution in [0.3, 0.4) is 0 Å². The molecule has 5 N–H and O–H groups in total. The lowest BCUT2D eigenvalue weighted by Crippen LogP contribution is -2.62. The number of hydroxylamine groups is 1. The van der Waals surface area contributed by atoms with E-state index in [1.807, 2.05) is 44.2 Å². The molecule has 11 nitrogen and oxygen atoms in total. The number of unbranched alkanes of at least 4 members (excludes halogenated alkanes) is 1. The van der Waals surface area contributed by atoms with Gasteiger partial charge in [0.1, 0.15) is 24.2 Å². The molecule has 5 amide bonds. The minimum absolute atomic E-state index is 0.0688. The lowest BCUT2D eigenvalue weighted by atomic mass is 9.99. The normalized spacial score (nSPS) is 24.9. The predicted octanol–water partition coefficient (Wildman–Crippen LogP) is 0.410. The van der Waals surface area contributed by atoms with Crippen LogP contribution in [0.15, 0.2) is 30.3 Å². The van der Waals surface area contributed by atoms with Crippen molar-refractivity contribution in [3.05, 3.63) is 35.9 Å². The fourth-order valence-electron chi connectivity index (χ4n) is 4.81. The largest absolute Gasteiger partial charge is 0.343 e. The number of benzene rings is 1. The maximum absolute atomic E-state index is 13.5. The number of carbonyl (C=O) groups is 5. The van der Waals surface area contributed by atoms with Gasteiger partial charge in [-0.05, 0) is 37.2 Å². The summed E-state index contributed by atoms with van der Waals surface area (Å²) in [5.41, 5.74) is 2.40. The van der Waals surface area contributed by atoms with Crippen molar-refractivity contribution in [2.45, 2.75) is 83.0 Å². The Morgan fingerprint density at radius 3 is 2.35 bits per heavy atom. The summed E-state index contributed by atoms with van der Waals surface area (Å²) in [6, 6.07) is 5.76. The summed E-state index contributed by atoms with van der Waals surface area (Å²) >= 11 is 0. The lowest BCUT2D eigenvalue weighted by Gasteiger charge is -2.33. The molecule has 11 heteroatoms. The van der Waals surface area contributed by atoms with E-state index in [1.165, 1.54) is 4.90 Å². The van der Waals surface area contributed by atoms with E-state index in [-0.39, 0.29) is 31.1 Å². The minimum atomic E-state index is -0.961. The second-order valence-electron chi connectivity index (χ2n) is 10.0. The summed E-state index contributed by atoms with van der Waals surface area (Å²) in [5, 5.41) is 17.1. The van der Waals surface area contributed by atoms with E-state index in [4.69, 9.17) is 5.21 Å². The number of hydrogen-bond donors (Lipinski definition) is 5. The molecule has 202 valence electrons. The topological polar surface area (TPSA) is 157 Å². The second kappa shape index (κ2) is 13.2. The third-order valence-corrected chi connectivity index (χ3v) is 6.89. The van der Waals surface area contributed by atoms with Gasteiger partial charge in [-0.15, -0.1) is 0 Å². The highest BCUT2D eigenvalue weighted by atomic mass is 16.5. The van der Waals surface area contributed by atoms with Gasteiger partial charge in [-0.25, -0.2) is 5.48 Å². The van der Waals surface area contributed by atoms with Crippen molar-refractivity contribution in [1.82, 2.24) is 26.3 Å². The van der Waals surface area contributed by atoms with Gasteiger partial charge in [-0.2, -0.15) is 0 Å². The summed E-state index contributed by atoms with van der Waals surface area (Å²) in [6.45, 7) is 4.06. The molecule has 1 aromatic carbocycles. The first-order valence-electron chi connectivity index (χ1n) is 12.9. The van der Waals surface area contributed by atoms with Gasteiger partial charge in [0.05, 0.1) is 0 Å². The molecule has 1 aromatic rings. The molecule has 2 aliphatic rings. The Labute approximate surface area is 216 Å². The highest BCUT2D eigenvalue weighted by Gasteiger charge is 2.41. The Bertz CT molecular complexity index is 985. The lowest BCUT2D eigenvalue weighted by molar-refractivity contribution is -0.144.